The first-order valence-electron chi connectivity index (χ1n) is 5.70. The first kappa shape index (κ1) is 8.51. The van der Waals surface area contributed by atoms with Crippen LogP contribution in [0.25, 0.3) is 0 Å². The van der Waals surface area contributed by atoms with E-state index < -0.39 is 0 Å². The standard InChI is InChI=1S/C12H17NO/c1-2-8-3-9-5-12(10(9)4-8)6-11(14)13-7-12/h4,9-10H,2-3,5-7H2,1H3,(H,13,14)/t9-,10-,12?/m1/s1. The minimum Gasteiger partial charge on any atom is -0.355 e. The fourth-order valence-corrected chi connectivity index (χ4v) is 3.66. The van der Waals surface area contributed by atoms with Gasteiger partial charge in [0.2, 0.25) is 5.91 Å². The Balaban J connectivity index is 1.81. The van der Waals surface area contributed by atoms with Crippen molar-refractivity contribution in [2.24, 2.45) is 17.3 Å². The van der Waals surface area contributed by atoms with E-state index >= 15 is 0 Å². The molecule has 1 heterocycles. The van der Waals surface area contributed by atoms with Crippen molar-refractivity contribution in [3.05, 3.63) is 11.6 Å². The molecular weight excluding hydrogens is 174 g/mol. The topological polar surface area (TPSA) is 29.1 Å². The van der Waals surface area contributed by atoms with Crippen molar-refractivity contribution in [1.82, 2.24) is 5.32 Å². The number of allylic oxidation sites excluding steroid dienone is 2. The molecule has 2 fully saturated rings. The smallest absolute Gasteiger partial charge is 0.220 e. The summed E-state index contributed by atoms with van der Waals surface area (Å²) in [6.45, 7) is 3.17. The third-order valence-electron chi connectivity index (χ3n) is 4.43. The average molecular weight is 191 g/mol. The quantitative estimate of drug-likeness (QED) is 0.630. The third-order valence-corrected chi connectivity index (χ3v) is 4.43. The predicted octanol–water partition coefficient (Wildman–Crippen LogP) is 1.87. The van der Waals surface area contributed by atoms with Crippen LogP contribution in [0.5, 0.6) is 0 Å². The summed E-state index contributed by atoms with van der Waals surface area (Å²) in [6.07, 6.45) is 7.02. The molecule has 2 nitrogen and oxygen atoms in total. The Labute approximate surface area is 84.8 Å². The monoisotopic (exact) mass is 191 g/mol. The van der Waals surface area contributed by atoms with Gasteiger partial charge in [-0.1, -0.05) is 18.6 Å². The van der Waals surface area contributed by atoms with Gasteiger partial charge in [0, 0.05) is 18.4 Å². The molecule has 1 saturated carbocycles. The van der Waals surface area contributed by atoms with Crippen LogP contribution < -0.4 is 5.32 Å². The highest BCUT2D eigenvalue weighted by molar-refractivity contribution is 5.79. The van der Waals surface area contributed by atoms with Gasteiger partial charge in [0.05, 0.1) is 0 Å². The van der Waals surface area contributed by atoms with Crippen LogP contribution in [0.3, 0.4) is 0 Å². The van der Waals surface area contributed by atoms with E-state index in [0.29, 0.717) is 5.41 Å². The van der Waals surface area contributed by atoms with Crippen LogP contribution in [0.15, 0.2) is 11.6 Å². The van der Waals surface area contributed by atoms with Crippen molar-refractivity contribution >= 4 is 5.91 Å². The van der Waals surface area contributed by atoms with Crippen LogP contribution in [0.2, 0.25) is 0 Å². The van der Waals surface area contributed by atoms with Crippen molar-refractivity contribution in [3.8, 4) is 0 Å². The zero-order chi connectivity index (χ0) is 9.76. The highest BCUT2D eigenvalue weighted by atomic mass is 16.1. The van der Waals surface area contributed by atoms with Crippen LogP contribution >= 0.6 is 0 Å². The van der Waals surface area contributed by atoms with E-state index in [1.165, 1.54) is 19.3 Å². The second kappa shape index (κ2) is 2.62. The molecule has 1 spiro atoms. The van der Waals surface area contributed by atoms with Gasteiger partial charge >= 0.3 is 0 Å². The molecule has 2 aliphatic carbocycles. The number of hydrogen-bond donors (Lipinski definition) is 1. The highest BCUT2D eigenvalue weighted by Crippen LogP contribution is 2.60. The summed E-state index contributed by atoms with van der Waals surface area (Å²) in [5.74, 6) is 1.86. The number of fused-ring (bicyclic) bond motifs is 2. The zero-order valence-corrected chi connectivity index (χ0v) is 8.68. The number of carbonyl (C=O) groups is 1. The lowest BCUT2D eigenvalue weighted by atomic mass is 9.54. The Kier molecular flexibility index (Phi) is 1.59. The minimum absolute atomic E-state index is 0.266. The molecule has 1 saturated heterocycles. The summed E-state index contributed by atoms with van der Waals surface area (Å²) >= 11 is 0. The fraction of sp³-hybridized carbons (Fsp3) is 0.750. The maximum atomic E-state index is 11.3. The second-order valence-corrected chi connectivity index (χ2v) is 5.19. The van der Waals surface area contributed by atoms with E-state index in [0.717, 1.165) is 24.8 Å². The summed E-state index contributed by atoms with van der Waals surface area (Å²) in [6, 6.07) is 0. The number of nitrogens with one attached hydrogen (secondary N) is 1. The largest absolute Gasteiger partial charge is 0.355 e. The van der Waals surface area contributed by atoms with E-state index in [2.05, 4.69) is 18.3 Å². The van der Waals surface area contributed by atoms with Crippen LogP contribution in [-0.2, 0) is 4.79 Å². The summed E-state index contributed by atoms with van der Waals surface area (Å²) in [5, 5.41) is 2.99. The molecule has 0 radical (unpaired) electrons. The van der Waals surface area contributed by atoms with Gasteiger partial charge in [-0.05, 0) is 31.1 Å². The molecular formula is C12H17NO. The van der Waals surface area contributed by atoms with Crippen molar-refractivity contribution in [2.75, 3.05) is 6.54 Å². The summed E-state index contributed by atoms with van der Waals surface area (Å²) in [5.41, 5.74) is 1.95. The van der Waals surface area contributed by atoms with Crippen molar-refractivity contribution in [1.29, 1.82) is 0 Å². The van der Waals surface area contributed by atoms with Crippen LogP contribution in [0, 0.1) is 17.3 Å². The summed E-state index contributed by atoms with van der Waals surface area (Å²) in [4.78, 5) is 11.3. The highest BCUT2D eigenvalue weighted by Gasteiger charge is 2.57. The average Bonchev–Trinajstić information content (AvgIpc) is 2.68. The van der Waals surface area contributed by atoms with Crippen molar-refractivity contribution < 1.29 is 4.79 Å². The van der Waals surface area contributed by atoms with E-state index in [1.807, 2.05) is 0 Å². The molecule has 2 heteroatoms. The first-order chi connectivity index (χ1) is 6.73. The maximum Gasteiger partial charge on any atom is 0.220 e. The van der Waals surface area contributed by atoms with Crippen LogP contribution in [0.4, 0.5) is 0 Å². The molecule has 0 bridgehead atoms. The van der Waals surface area contributed by atoms with E-state index in [4.69, 9.17) is 0 Å². The molecule has 1 amide bonds. The lowest BCUT2D eigenvalue weighted by molar-refractivity contribution is -0.120. The molecule has 1 unspecified atom stereocenters. The number of rotatable bonds is 1. The third kappa shape index (κ3) is 0.943. The van der Waals surface area contributed by atoms with Crippen molar-refractivity contribution in [2.45, 2.75) is 32.6 Å². The summed E-state index contributed by atoms with van der Waals surface area (Å²) in [7, 11) is 0. The normalized spacial score (nSPS) is 44.6. The first-order valence-corrected chi connectivity index (χ1v) is 5.70. The molecule has 3 aliphatic rings. The Morgan fingerprint density at radius 1 is 1.64 bits per heavy atom. The minimum atomic E-state index is 0.266. The number of amides is 1. The molecule has 0 aromatic heterocycles. The van der Waals surface area contributed by atoms with Crippen molar-refractivity contribution in [3.63, 3.8) is 0 Å². The Morgan fingerprint density at radius 3 is 3.14 bits per heavy atom. The molecule has 3 atom stereocenters. The molecule has 0 aromatic carbocycles. The Bertz CT molecular complexity index is 320. The van der Waals surface area contributed by atoms with Gasteiger partial charge in [0.15, 0.2) is 0 Å². The fourth-order valence-electron chi connectivity index (χ4n) is 3.66. The van der Waals surface area contributed by atoms with Crippen LogP contribution in [0.1, 0.15) is 32.6 Å². The summed E-state index contributed by atoms with van der Waals surface area (Å²) < 4.78 is 0. The second-order valence-electron chi connectivity index (χ2n) is 5.19. The molecule has 3 rings (SSSR count). The van der Waals surface area contributed by atoms with Gasteiger partial charge in [-0.3, -0.25) is 4.79 Å². The van der Waals surface area contributed by atoms with Gasteiger partial charge in [-0.2, -0.15) is 0 Å². The molecule has 14 heavy (non-hydrogen) atoms. The van der Waals surface area contributed by atoms with Gasteiger partial charge < -0.3 is 5.32 Å². The van der Waals surface area contributed by atoms with E-state index in [1.54, 1.807) is 5.57 Å². The van der Waals surface area contributed by atoms with E-state index in [-0.39, 0.29) is 5.91 Å². The predicted molar refractivity (Wildman–Crippen MR) is 54.6 cm³/mol. The number of carbonyl (C=O) groups excluding carboxylic acids is 1. The van der Waals surface area contributed by atoms with Gasteiger partial charge in [0.1, 0.15) is 0 Å². The van der Waals surface area contributed by atoms with Crippen LogP contribution in [-0.4, -0.2) is 12.5 Å². The molecule has 1 N–H and O–H groups in total. The zero-order valence-electron chi connectivity index (χ0n) is 8.68. The van der Waals surface area contributed by atoms with Gasteiger partial charge in [0.25, 0.3) is 0 Å². The van der Waals surface area contributed by atoms with Gasteiger partial charge in [-0.15, -0.1) is 0 Å². The number of hydrogen-bond acceptors (Lipinski definition) is 1. The molecule has 1 aliphatic heterocycles. The Hall–Kier alpha value is -0.790. The van der Waals surface area contributed by atoms with Gasteiger partial charge in [-0.25, -0.2) is 0 Å². The lowest BCUT2D eigenvalue weighted by Crippen LogP contribution is -2.46. The van der Waals surface area contributed by atoms with E-state index in [9.17, 15) is 4.79 Å². The maximum absolute atomic E-state index is 11.3. The SMILES string of the molecule is CCC1=C[C@@H]2[C@H](C1)CC21CNC(=O)C1. The lowest BCUT2D eigenvalue weighted by Gasteiger charge is -2.49. The Morgan fingerprint density at radius 2 is 2.50 bits per heavy atom. The molecule has 0 aromatic rings. The molecule has 76 valence electrons.